The molecule has 0 aromatic rings. The Balaban J connectivity index is 1.76. The summed E-state index contributed by atoms with van der Waals surface area (Å²) in [6.45, 7) is 12.2. The molecule has 31 heavy (non-hydrogen) atoms. The highest BCUT2D eigenvalue weighted by molar-refractivity contribution is 5.39. The normalized spacial score (nSPS) is 40.4. The summed E-state index contributed by atoms with van der Waals surface area (Å²) in [5.74, 6) is 0.567. The SMILES string of the molecule is C=C1/C(=C\C=C2/CCC[C@@]3(C)[C@H]2CC[C@]3(O)[C@@H](C)CCCC(C)(C)O)C[C@H](O)C[C@H]1O. The fourth-order valence-corrected chi connectivity index (χ4v) is 6.64. The first kappa shape index (κ1) is 24.7. The summed E-state index contributed by atoms with van der Waals surface area (Å²) in [4.78, 5) is 0. The van der Waals surface area contributed by atoms with E-state index >= 15 is 0 Å². The highest BCUT2D eigenvalue weighted by Crippen LogP contribution is 2.62. The summed E-state index contributed by atoms with van der Waals surface area (Å²) in [6.07, 6.45) is 11.6. The topological polar surface area (TPSA) is 80.9 Å². The Labute approximate surface area is 188 Å². The molecule has 3 aliphatic rings. The molecule has 0 unspecified atom stereocenters. The predicted octanol–water partition coefficient (Wildman–Crippen LogP) is 4.82. The lowest BCUT2D eigenvalue weighted by Crippen LogP contribution is -2.51. The highest BCUT2D eigenvalue weighted by atomic mass is 16.3. The molecule has 3 aliphatic carbocycles. The summed E-state index contributed by atoms with van der Waals surface area (Å²) in [6, 6.07) is 0. The number of hydrogen-bond acceptors (Lipinski definition) is 4. The summed E-state index contributed by atoms with van der Waals surface area (Å²) in [5.41, 5.74) is 1.60. The molecule has 0 radical (unpaired) electrons. The van der Waals surface area contributed by atoms with Crippen molar-refractivity contribution in [3.63, 3.8) is 0 Å². The van der Waals surface area contributed by atoms with Gasteiger partial charge in [0.05, 0.1) is 23.4 Å². The van der Waals surface area contributed by atoms with Crippen molar-refractivity contribution in [2.75, 3.05) is 0 Å². The third kappa shape index (κ3) is 5.03. The van der Waals surface area contributed by atoms with E-state index in [4.69, 9.17) is 0 Å². The molecular formula is C27H44O4. The van der Waals surface area contributed by atoms with Crippen LogP contribution in [0.3, 0.4) is 0 Å². The van der Waals surface area contributed by atoms with Gasteiger partial charge in [-0.15, -0.1) is 0 Å². The van der Waals surface area contributed by atoms with Crippen molar-refractivity contribution in [3.05, 3.63) is 35.5 Å². The van der Waals surface area contributed by atoms with E-state index in [1.165, 1.54) is 5.57 Å². The van der Waals surface area contributed by atoms with Gasteiger partial charge in [-0.1, -0.05) is 44.6 Å². The van der Waals surface area contributed by atoms with E-state index in [-0.39, 0.29) is 11.3 Å². The smallest absolute Gasteiger partial charge is 0.0811 e. The zero-order valence-electron chi connectivity index (χ0n) is 20.0. The maximum atomic E-state index is 11.9. The molecule has 0 aromatic heterocycles. The van der Waals surface area contributed by atoms with Crippen molar-refractivity contribution >= 4 is 0 Å². The predicted molar refractivity (Wildman–Crippen MR) is 125 cm³/mol. The van der Waals surface area contributed by atoms with Gasteiger partial charge >= 0.3 is 0 Å². The largest absolute Gasteiger partial charge is 0.393 e. The van der Waals surface area contributed by atoms with Gasteiger partial charge in [0.1, 0.15) is 0 Å². The van der Waals surface area contributed by atoms with Crippen LogP contribution >= 0.6 is 0 Å². The average molecular weight is 433 g/mol. The van der Waals surface area contributed by atoms with Crippen LogP contribution in [0.5, 0.6) is 0 Å². The Morgan fingerprint density at radius 2 is 1.94 bits per heavy atom. The lowest BCUT2D eigenvalue weighted by atomic mass is 9.58. The number of hydrogen-bond donors (Lipinski definition) is 4. The first-order valence-electron chi connectivity index (χ1n) is 12.3. The molecule has 3 saturated carbocycles. The van der Waals surface area contributed by atoms with E-state index < -0.39 is 23.4 Å². The van der Waals surface area contributed by atoms with Crippen LogP contribution in [-0.2, 0) is 0 Å². The Bertz CT molecular complexity index is 730. The van der Waals surface area contributed by atoms with Crippen molar-refractivity contribution in [2.24, 2.45) is 17.3 Å². The second kappa shape index (κ2) is 9.13. The van der Waals surface area contributed by atoms with Crippen LogP contribution in [0.15, 0.2) is 35.5 Å². The Hall–Kier alpha value is -0.940. The monoisotopic (exact) mass is 432 g/mol. The van der Waals surface area contributed by atoms with E-state index in [0.29, 0.717) is 18.8 Å². The van der Waals surface area contributed by atoms with Crippen molar-refractivity contribution in [2.45, 2.75) is 115 Å². The van der Waals surface area contributed by atoms with Crippen molar-refractivity contribution in [3.8, 4) is 0 Å². The number of fused-ring (bicyclic) bond motifs is 1. The minimum absolute atomic E-state index is 0.133. The third-order valence-electron chi connectivity index (χ3n) is 8.69. The Morgan fingerprint density at radius 1 is 1.23 bits per heavy atom. The van der Waals surface area contributed by atoms with E-state index in [2.05, 4.69) is 32.6 Å². The van der Waals surface area contributed by atoms with Gasteiger partial charge in [-0.2, -0.15) is 0 Å². The number of aliphatic hydroxyl groups excluding tert-OH is 2. The molecule has 0 saturated heterocycles. The zero-order chi connectivity index (χ0) is 23.0. The quantitative estimate of drug-likeness (QED) is 0.485. The van der Waals surface area contributed by atoms with Crippen LogP contribution in [0.2, 0.25) is 0 Å². The first-order chi connectivity index (χ1) is 14.4. The second-order valence-corrected chi connectivity index (χ2v) is 11.5. The van der Waals surface area contributed by atoms with Crippen molar-refractivity contribution in [1.82, 2.24) is 0 Å². The van der Waals surface area contributed by atoms with Gasteiger partial charge in [0.15, 0.2) is 0 Å². The molecule has 0 spiro atoms. The van der Waals surface area contributed by atoms with E-state index in [0.717, 1.165) is 62.5 Å². The molecule has 4 N–H and O–H groups in total. The number of rotatable bonds is 6. The molecule has 4 heteroatoms. The van der Waals surface area contributed by atoms with Crippen molar-refractivity contribution < 1.29 is 20.4 Å². The molecule has 0 aromatic carbocycles. The van der Waals surface area contributed by atoms with Crippen LogP contribution in [-0.4, -0.2) is 43.8 Å². The third-order valence-corrected chi connectivity index (χ3v) is 8.69. The molecule has 0 aliphatic heterocycles. The molecular weight excluding hydrogens is 388 g/mol. The first-order valence-corrected chi connectivity index (χ1v) is 12.3. The van der Waals surface area contributed by atoms with Gasteiger partial charge in [0, 0.05) is 11.8 Å². The van der Waals surface area contributed by atoms with Crippen LogP contribution in [0, 0.1) is 17.3 Å². The molecule has 0 amide bonds. The Morgan fingerprint density at radius 3 is 2.61 bits per heavy atom. The number of allylic oxidation sites excluding steroid dienone is 3. The number of aliphatic hydroxyl groups is 4. The fraction of sp³-hybridized carbons (Fsp3) is 0.778. The van der Waals surface area contributed by atoms with Gasteiger partial charge in [-0.25, -0.2) is 0 Å². The van der Waals surface area contributed by atoms with Gasteiger partial charge in [-0.05, 0) is 88.2 Å². The van der Waals surface area contributed by atoms with E-state index in [9.17, 15) is 20.4 Å². The minimum atomic E-state index is -0.676. The molecule has 3 fully saturated rings. The summed E-state index contributed by atoms with van der Waals surface area (Å²) >= 11 is 0. The molecule has 0 heterocycles. The van der Waals surface area contributed by atoms with Gasteiger partial charge in [0.2, 0.25) is 0 Å². The standard InChI is InChI=1S/C27H44O4/c1-18(8-6-13-25(3,4)30)27(31)15-12-23-20(9-7-14-26(23,27)5)10-11-21-16-22(28)17-24(29)19(21)2/h10-11,18,22-24,28-31H,2,6-9,12-17H2,1,3-5H3/b20-10+,21-11-/t18-,22-,23-,24+,26-,27-/m0/s1. The van der Waals surface area contributed by atoms with E-state index in [1.54, 1.807) is 0 Å². The van der Waals surface area contributed by atoms with Crippen LogP contribution in [0.25, 0.3) is 0 Å². The van der Waals surface area contributed by atoms with Crippen molar-refractivity contribution in [1.29, 1.82) is 0 Å². The fourth-order valence-electron chi connectivity index (χ4n) is 6.64. The lowest BCUT2D eigenvalue weighted by Gasteiger charge is -2.50. The highest BCUT2D eigenvalue weighted by Gasteiger charge is 2.59. The molecule has 4 nitrogen and oxygen atoms in total. The maximum absolute atomic E-state index is 11.9. The minimum Gasteiger partial charge on any atom is -0.393 e. The molecule has 176 valence electrons. The lowest BCUT2D eigenvalue weighted by molar-refractivity contribution is -0.115. The molecule has 6 atom stereocenters. The van der Waals surface area contributed by atoms with Crippen LogP contribution in [0.4, 0.5) is 0 Å². The van der Waals surface area contributed by atoms with Gasteiger partial charge < -0.3 is 20.4 Å². The molecule has 0 bridgehead atoms. The maximum Gasteiger partial charge on any atom is 0.0811 e. The second-order valence-electron chi connectivity index (χ2n) is 11.5. The average Bonchev–Trinajstić information content (AvgIpc) is 2.95. The summed E-state index contributed by atoms with van der Waals surface area (Å²) < 4.78 is 0. The molecule has 3 rings (SSSR count). The van der Waals surface area contributed by atoms with Crippen LogP contribution in [0.1, 0.15) is 91.9 Å². The van der Waals surface area contributed by atoms with Gasteiger partial charge in [-0.3, -0.25) is 0 Å². The Kier molecular flexibility index (Phi) is 7.27. The summed E-state index contributed by atoms with van der Waals surface area (Å²) in [5, 5.41) is 42.1. The van der Waals surface area contributed by atoms with Gasteiger partial charge in [0.25, 0.3) is 0 Å². The van der Waals surface area contributed by atoms with E-state index in [1.807, 2.05) is 13.8 Å². The zero-order valence-corrected chi connectivity index (χ0v) is 20.0. The van der Waals surface area contributed by atoms with Crippen LogP contribution < -0.4 is 0 Å². The summed E-state index contributed by atoms with van der Waals surface area (Å²) in [7, 11) is 0.